The molecule has 0 saturated heterocycles. The first-order valence-corrected chi connectivity index (χ1v) is 7.68. The number of ether oxygens (including phenoxy) is 1. The highest BCUT2D eigenvalue weighted by molar-refractivity contribution is 6.02. The molecular weight excluding hydrogens is 274 g/mol. The number of fused-ring (bicyclic) bond motifs is 5. The maximum absolute atomic E-state index is 12.5. The first-order chi connectivity index (χ1) is 10.8. The molecule has 0 aliphatic heterocycles. The van der Waals surface area contributed by atoms with Crippen molar-refractivity contribution in [2.75, 3.05) is 6.61 Å². The van der Waals surface area contributed by atoms with Gasteiger partial charge in [-0.1, -0.05) is 30.3 Å². The lowest BCUT2D eigenvalue weighted by Gasteiger charge is -2.17. The van der Waals surface area contributed by atoms with Gasteiger partial charge in [-0.15, -0.1) is 0 Å². The number of nitrogens with zero attached hydrogens (tertiary/aromatic N) is 1. The summed E-state index contributed by atoms with van der Waals surface area (Å²) >= 11 is 0. The molecule has 0 saturated carbocycles. The minimum Gasteiger partial charge on any atom is -0.462 e. The Morgan fingerprint density at radius 1 is 1.14 bits per heavy atom. The van der Waals surface area contributed by atoms with Crippen molar-refractivity contribution in [1.29, 1.82) is 0 Å². The van der Waals surface area contributed by atoms with Gasteiger partial charge in [-0.25, -0.2) is 4.79 Å². The minimum atomic E-state index is -0.216. The SMILES string of the molecule is CCOC(=O)c1c2c(n3ccccc13)-c1ccccc1CC2. The Bertz CT molecular complexity index is 876. The smallest absolute Gasteiger partial charge is 0.340 e. The molecule has 0 fully saturated rings. The molecule has 0 atom stereocenters. The van der Waals surface area contributed by atoms with Crippen molar-refractivity contribution < 1.29 is 9.53 Å². The fraction of sp³-hybridized carbons (Fsp3) is 0.211. The number of carbonyl (C=O) groups excluding carboxylic acids is 1. The van der Waals surface area contributed by atoms with Crippen LogP contribution in [0.15, 0.2) is 48.7 Å². The normalized spacial score (nSPS) is 12.8. The van der Waals surface area contributed by atoms with Gasteiger partial charge in [0.1, 0.15) is 0 Å². The van der Waals surface area contributed by atoms with Gasteiger partial charge in [0.15, 0.2) is 0 Å². The summed E-state index contributed by atoms with van der Waals surface area (Å²) in [5, 5.41) is 0. The average Bonchev–Trinajstić information content (AvgIpc) is 2.90. The van der Waals surface area contributed by atoms with Gasteiger partial charge in [-0.05, 0) is 43.0 Å². The van der Waals surface area contributed by atoms with Gasteiger partial charge in [0.25, 0.3) is 0 Å². The van der Waals surface area contributed by atoms with Gasteiger partial charge in [0, 0.05) is 11.8 Å². The Kier molecular flexibility index (Phi) is 3.00. The molecule has 2 heterocycles. The summed E-state index contributed by atoms with van der Waals surface area (Å²) in [6.07, 6.45) is 3.87. The highest BCUT2D eigenvalue weighted by Gasteiger charge is 2.28. The minimum absolute atomic E-state index is 0.216. The van der Waals surface area contributed by atoms with E-state index in [1.165, 1.54) is 11.1 Å². The average molecular weight is 291 g/mol. The third-order valence-corrected chi connectivity index (χ3v) is 4.34. The molecule has 4 rings (SSSR count). The highest BCUT2D eigenvalue weighted by Crippen LogP contribution is 2.38. The van der Waals surface area contributed by atoms with Crippen LogP contribution in [-0.4, -0.2) is 17.0 Å². The third kappa shape index (κ3) is 1.78. The highest BCUT2D eigenvalue weighted by atomic mass is 16.5. The molecule has 3 aromatic rings. The number of esters is 1. The summed E-state index contributed by atoms with van der Waals surface area (Å²) in [6.45, 7) is 2.24. The van der Waals surface area contributed by atoms with Crippen LogP contribution in [0.1, 0.15) is 28.4 Å². The van der Waals surface area contributed by atoms with Crippen LogP contribution in [0.2, 0.25) is 0 Å². The van der Waals surface area contributed by atoms with Crippen LogP contribution in [0.5, 0.6) is 0 Å². The number of aromatic nitrogens is 1. The van der Waals surface area contributed by atoms with E-state index in [4.69, 9.17) is 4.74 Å². The van der Waals surface area contributed by atoms with Gasteiger partial charge in [0.2, 0.25) is 0 Å². The molecule has 0 spiro atoms. The molecular formula is C19H17NO2. The number of benzene rings is 1. The number of hydrogen-bond acceptors (Lipinski definition) is 2. The van der Waals surface area contributed by atoms with E-state index < -0.39 is 0 Å². The summed E-state index contributed by atoms with van der Waals surface area (Å²) in [4.78, 5) is 12.5. The van der Waals surface area contributed by atoms with E-state index >= 15 is 0 Å². The van der Waals surface area contributed by atoms with Crippen LogP contribution in [0.4, 0.5) is 0 Å². The molecule has 0 radical (unpaired) electrons. The lowest BCUT2D eigenvalue weighted by Crippen LogP contribution is -2.10. The second-order valence-electron chi connectivity index (χ2n) is 5.54. The number of carbonyl (C=O) groups is 1. The van der Waals surface area contributed by atoms with Gasteiger partial charge in [-0.3, -0.25) is 0 Å². The molecule has 22 heavy (non-hydrogen) atoms. The standard InChI is InChI=1S/C19H17NO2/c1-2-22-19(21)17-15-11-10-13-7-3-4-8-14(13)18(15)20-12-6-5-9-16(17)20/h3-9,12H,2,10-11H2,1H3. The van der Waals surface area contributed by atoms with E-state index in [1.807, 2.05) is 31.3 Å². The van der Waals surface area contributed by atoms with E-state index in [2.05, 4.69) is 28.7 Å². The Morgan fingerprint density at radius 3 is 2.82 bits per heavy atom. The molecule has 0 unspecified atom stereocenters. The largest absolute Gasteiger partial charge is 0.462 e. The molecule has 1 aliphatic carbocycles. The van der Waals surface area contributed by atoms with Crippen molar-refractivity contribution >= 4 is 11.5 Å². The van der Waals surface area contributed by atoms with Crippen molar-refractivity contribution in [2.24, 2.45) is 0 Å². The number of pyridine rings is 1. The number of hydrogen-bond donors (Lipinski definition) is 0. The first-order valence-electron chi connectivity index (χ1n) is 7.68. The molecule has 1 aliphatic rings. The predicted molar refractivity (Wildman–Crippen MR) is 86.2 cm³/mol. The molecule has 1 aromatic carbocycles. The summed E-state index contributed by atoms with van der Waals surface area (Å²) < 4.78 is 7.42. The Hall–Kier alpha value is -2.55. The molecule has 3 nitrogen and oxygen atoms in total. The van der Waals surface area contributed by atoms with Crippen LogP contribution in [0, 0.1) is 0 Å². The summed E-state index contributed by atoms with van der Waals surface area (Å²) in [5.74, 6) is -0.216. The zero-order valence-electron chi connectivity index (χ0n) is 12.5. The lowest BCUT2D eigenvalue weighted by molar-refractivity contribution is 0.0527. The van der Waals surface area contributed by atoms with E-state index in [0.717, 1.165) is 35.2 Å². The van der Waals surface area contributed by atoms with Crippen molar-refractivity contribution in [3.63, 3.8) is 0 Å². The monoisotopic (exact) mass is 291 g/mol. The van der Waals surface area contributed by atoms with Gasteiger partial charge in [-0.2, -0.15) is 0 Å². The van der Waals surface area contributed by atoms with Gasteiger partial charge < -0.3 is 9.14 Å². The maximum Gasteiger partial charge on any atom is 0.340 e. The Balaban J connectivity index is 2.07. The second kappa shape index (κ2) is 5.02. The molecule has 2 aromatic heterocycles. The summed E-state index contributed by atoms with van der Waals surface area (Å²) in [6, 6.07) is 14.4. The molecule has 0 N–H and O–H groups in total. The van der Waals surface area contributed by atoms with Crippen LogP contribution in [0.25, 0.3) is 16.8 Å². The molecule has 0 amide bonds. The van der Waals surface area contributed by atoms with Crippen LogP contribution >= 0.6 is 0 Å². The third-order valence-electron chi connectivity index (χ3n) is 4.34. The molecule has 0 bridgehead atoms. The van der Waals surface area contributed by atoms with E-state index in [1.54, 1.807) is 0 Å². The molecule has 110 valence electrons. The summed E-state index contributed by atoms with van der Waals surface area (Å²) in [5.41, 5.74) is 6.48. The van der Waals surface area contributed by atoms with Gasteiger partial charge >= 0.3 is 5.97 Å². The maximum atomic E-state index is 12.5. The van der Waals surface area contributed by atoms with Crippen LogP contribution < -0.4 is 0 Å². The topological polar surface area (TPSA) is 30.7 Å². The van der Waals surface area contributed by atoms with Crippen LogP contribution in [0.3, 0.4) is 0 Å². The van der Waals surface area contributed by atoms with Crippen molar-refractivity contribution in [3.05, 3.63) is 65.4 Å². The Morgan fingerprint density at radius 2 is 1.95 bits per heavy atom. The number of aryl methyl sites for hydroxylation is 1. The molecule has 3 heteroatoms. The zero-order valence-corrected chi connectivity index (χ0v) is 12.5. The fourth-order valence-electron chi connectivity index (χ4n) is 3.46. The number of rotatable bonds is 2. The van der Waals surface area contributed by atoms with Crippen molar-refractivity contribution in [3.8, 4) is 11.3 Å². The quantitative estimate of drug-likeness (QED) is 0.671. The second-order valence-corrected chi connectivity index (χ2v) is 5.54. The fourth-order valence-corrected chi connectivity index (χ4v) is 3.46. The van der Waals surface area contributed by atoms with E-state index in [0.29, 0.717) is 6.61 Å². The zero-order chi connectivity index (χ0) is 15.1. The summed E-state index contributed by atoms with van der Waals surface area (Å²) in [7, 11) is 0. The van der Waals surface area contributed by atoms with E-state index in [-0.39, 0.29) is 5.97 Å². The first kappa shape index (κ1) is 13.1. The lowest BCUT2D eigenvalue weighted by atomic mass is 9.88. The van der Waals surface area contributed by atoms with E-state index in [9.17, 15) is 4.79 Å². The predicted octanol–water partition coefficient (Wildman–Crippen LogP) is 3.88. The van der Waals surface area contributed by atoms with Crippen LogP contribution in [-0.2, 0) is 17.6 Å². The van der Waals surface area contributed by atoms with Crippen molar-refractivity contribution in [2.45, 2.75) is 19.8 Å². The van der Waals surface area contributed by atoms with Gasteiger partial charge in [0.05, 0.1) is 23.4 Å². The Labute approximate surface area is 129 Å². The van der Waals surface area contributed by atoms with Crippen molar-refractivity contribution in [1.82, 2.24) is 4.40 Å².